The Bertz CT molecular complexity index is 672. The van der Waals surface area contributed by atoms with Crippen molar-refractivity contribution in [1.82, 2.24) is 15.1 Å². The molecule has 1 N–H and O–H groups in total. The Morgan fingerprint density at radius 3 is 2.17 bits per heavy atom. The summed E-state index contributed by atoms with van der Waals surface area (Å²) in [7, 11) is 0. The second-order valence-corrected chi connectivity index (χ2v) is 8.78. The molecule has 0 saturated carbocycles. The van der Waals surface area contributed by atoms with E-state index in [0.29, 0.717) is 49.8 Å². The number of halogens is 1. The van der Waals surface area contributed by atoms with Crippen molar-refractivity contribution in [3.8, 4) is 0 Å². The first-order valence-electron chi connectivity index (χ1n) is 11.0. The van der Waals surface area contributed by atoms with Crippen LogP contribution >= 0.6 is 12.4 Å². The van der Waals surface area contributed by atoms with Gasteiger partial charge in [-0.15, -0.1) is 12.4 Å². The second kappa shape index (κ2) is 10.4. The third-order valence-electron chi connectivity index (χ3n) is 6.71. The topological polar surface area (TPSA) is 52.7 Å². The molecule has 0 aromatic heterocycles. The lowest BCUT2D eigenvalue weighted by molar-refractivity contribution is -0.134. The van der Waals surface area contributed by atoms with Crippen molar-refractivity contribution in [2.45, 2.75) is 63.5 Å². The van der Waals surface area contributed by atoms with Crippen LogP contribution in [0.5, 0.6) is 0 Å². The third kappa shape index (κ3) is 5.95. The van der Waals surface area contributed by atoms with Gasteiger partial charge in [0.05, 0.1) is 0 Å². The summed E-state index contributed by atoms with van der Waals surface area (Å²) in [6.45, 7) is 2.93. The van der Waals surface area contributed by atoms with E-state index in [1.807, 2.05) is 28.0 Å². The summed E-state index contributed by atoms with van der Waals surface area (Å²) in [5.41, 5.74) is 1.21. The molecule has 160 valence electrons. The largest absolute Gasteiger partial charge is 0.341 e. The number of aryl methyl sites for hydroxylation is 1. The molecule has 4 rings (SSSR count). The predicted octanol–water partition coefficient (Wildman–Crippen LogP) is 3.02. The second-order valence-electron chi connectivity index (χ2n) is 8.78. The van der Waals surface area contributed by atoms with Gasteiger partial charge in [-0.05, 0) is 50.0 Å². The smallest absolute Gasteiger partial charge is 0.222 e. The number of carbonyl (C=O) groups excluding carboxylic acids is 2. The third-order valence-corrected chi connectivity index (χ3v) is 6.71. The normalized spacial score (nSPS) is 26.6. The molecule has 2 unspecified atom stereocenters. The lowest BCUT2D eigenvalue weighted by atomic mass is 9.89. The highest BCUT2D eigenvalue weighted by Crippen LogP contribution is 2.33. The van der Waals surface area contributed by atoms with E-state index in [1.54, 1.807) is 0 Å². The van der Waals surface area contributed by atoms with E-state index in [4.69, 9.17) is 0 Å². The maximum atomic E-state index is 12.8. The SMILES string of the molecule is Cl.O=C(CCc1ccccc1)N1CCCN(C(=O)CC2CC3CCC(C2)N3)CC1. The Hall–Kier alpha value is -1.59. The molecule has 1 aromatic rings. The fraction of sp³-hybridized carbons (Fsp3) is 0.652. The van der Waals surface area contributed by atoms with Crippen LogP contribution in [0.2, 0.25) is 0 Å². The van der Waals surface area contributed by atoms with Gasteiger partial charge in [-0.2, -0.15) is 0 Å². The van der Waals surface area contributed by atoms with Crippen LogP contribution in [-0.2, 0) is 16.0 Å². The molecule has 29 heavy (non-hydrogen) atoms. The lowest BCUT2D eigenvalue weighted by Gasteiger charge is -2.30. The van der Waals surface area contributed by atoms with E-state index in [1.165, 1.54) is 18.4 Å². The standard InChI is InChI=1S/C23H33N3O2.ClH/c27-22(10-7-18-5-2-1-3-6-18)25-11-4-12-26(14-13-25)23(28)17-19-15-20-8-9-21(16-19)24-20;/h1-3,5-6,19-21,24H,4,7-17H2;1H. The van der Waals surface area contributed by atoms with E-state index >= 15 is 0 Å². The van der Waals surface area contributed by atoms with Crippen molar-refractivity contribution in [3.05, 3.63) is 35.9 Å². The number of fused-ring (bicyclic) bond motifs is 2. The number of piperidine rings is 1. The van der Waals surface area contributed by atoms with Crippen LogP contribution in [0.3, 0.4) is 0 Å². The van der Waals surface area contributed by atoms with Crippen LogP contribution in [0.1, 0.15) is 50.5 Å². The molecule has 2 amide bonds. The van der Waals surface area contributed by atoms with Crippen molar-refractivity contribution in [3.63, 3.8) is 0 Å². The molecular formula is C23H34ClN3O2. The van der Waals surface area contributed by atoms with Gasteiger partial charge >= 0.3 is 0 Å². The van der Waals surface area contributed by atoms with Gasteiger partial charge in [0.15, 0.2) is 0 Å². The monoisotopic (exact) mass is 419 g/mol. The molecule has 1 aromatic carbocycles. The van der Waals surface area contributed by atoms with Gasteiger partial charge in [-0.1, -0.05) is 30.3 Å². The predicted molar refractivity (Wildman–Crippen MR) is 117 cm³/mol. The van der Waals surface area contributed by atoms with Crippen molar-refractivity contribution < 1.29 is 9.59 Å². The summed E-state index contributed by atoms with van der Waals surface area (Å²) in [5.74, 6) is 1.05. The van der Waals surface area contributed by atoms with Crippen molar-refractivity contribution in [2.24, 2.45) is 5.92 Å². The first-order valence-corrected chi connectivity index (χ1v) is 11.0. The molecule has 2 atom stereocenters. The number of benzene rings is 1. The van der Waals surface area contributed by atoms with Crippen molar-refractivity contribution in [2.75, 3.05) is 26.2 Å². The number of amides is 2. The van der Waals surface area contributed by atoms with Crippen LogP contribution in [-0.4, -0.2) is 59.9 Å². The molecule has 3 heterocycles. The van der Waals surface area contributed by atoms with Gasteiger partial charge in [0, 0.05) is 51.1 Å². The first-order chi connectivity index (χ1) is 13.7. The van der Waals surface area contributed by atoms with Crippen molar-refractivity contribution >= 4 is 24.2 Å². The van der Waals surface area contributed by atoms with Gasteiger partial charge in [0.2, 0.25) is 11.8 Å². The minimum Gasteiger partial charge on any atom is -0.341 e. The molecule has 0 aliphatic carbocycles. The van der Waals surface area contributed by atoms with Gasteiger partial charge in [-0.3, -0.25) is 9.59 Å². The summed E-state index contributed by atoms with van der Waals surface area (Å²) in [5, 5.41) is 3.66. The maximum absolute atomic E-state index is 12.8. The molecule has 3 aliphatic rings. The van der Waals surface area contributed by atoms with Crippen LogP contribution < -0.4 is 5.32 Å². The highest BCUT2D eigenvalue weighted by molar-refractivity contribution is 5.85. The van der Waals surface area contributed by atoms with Gasteiger partial charge < -0.3 is 15.1 Å². The summed E-state index contributed by atoms with van der Waals surface area (Å²) in [4.78, 5) is 29.4. The van der Waals surface area contributed by atoms with Crippen molar-refractivity contribution in [1.29, 1.82) is 0 Å². The minimum atomic E-state index is 0. The first kappa shape index (κ1) is 22.1. The van der Waals surface area contributed by atoms with Crippen LogP contribution in [0.15, 0.2) is 30.3 Å². The van der Waals surface area contributed by atoms with Crippen LogP contribution in [0.25, 0.3) is 0 Å². The van der Waals surface area contributed by atoms with Gasteiger partial charge in [-0.25, -0.2) is 0 Å². The molecule has 5 nitrogen and oxygen atoms in total. The van der Waals surface area contributed by atoms with E-state index < -0.39 is 0 Å². The average molecular weight is 420 g/mol. The molecular weight excluding hydrogens is 386 g/mol. The van der Waals surface area contributed by atoms with E-state index in [0.717, 1.165) is 38.8 Å². The fourth-order valence-electron chi connectivity index (χ4n) is 5.19. The van der Waals surface area contributed by atoms with Gasteiger partial charge in [0.25, 0.3) is 0 Å². The van der Waals surface area contributed by atoms with Crippen LogP contribution in [0.4, 0.5) is 0 Å². The Morgan fingerprint density at radius 1 is 0.897 bits per heavy atom. The molecule has 3 saturated heterocycles. The zero-order valence-corrected chi connectivity index (χ0v) is 18.0. The highest BCUT2D eigenvalue weighted by Gasteiger charge is 2.35. The Kier molecular flexibility index (Phi) is 7.96. The minimum absolute atomic E-state index is 0. The number of nitrogens with one attached hydrogen (secondary N) is 1. The lowest BCUT2D eigenvalue weighted by Crippen LogP contribution is -2.41. The number of nitrogens with zero attached hydrogens (tertiary/aromatic N) is 2. The van der Waals surface area contributed by atoms with E-state index in [2.05, 4.69) is 17.4 Å². The number of hydrogen-bond acceptors (Lipinski definition) is 3. The quantitative estimate of drug-likeness (QED) is 0.798. The van der Waals surface area contributed by atoms with E-state index in [-0.39, 0.29) is 18.3 Å². The molecule has 6 heteroatoms. The molecule has 0 radical (unpaired) electrons. The zero-order chi connectivity index (χ0) is 19.3. The molecule has 3 aliphatic heterocycles. The fourth-order valence-corrected chi connectivity index (χ4v) is 5.19. The number of rotatable bonds is 5. The Balaban J connectivity index is 0.00000240. The summed E-state index contributed by atoms with van der Waals surface area (Å²) >= 11 is 0. The highest BCUT2D eigenvalue weighted by atomic mass is 35.5. The van der Waals surface area contributed by atoms with Crippen LogP contribution in [0, 0.1) is 5.92 Å². The molecule has 3 fully saturated rings. The summed E-state index contributed by atoms with van der Waals surface area (Å²) in [6, 6.07) is 11.5. The Labute approximate surface area is 180 Å². The number of hydrogen-bond donors (Lipinski definition) is 1. The summed E-state index contributed by atoms with van der Waals surface area (Å²) < 4.78 is 0. The molecule has 2 bridgehead atoms. The van der Waals surface area contributed by atoms with E-state index in [9.17, 15) is 9.59 Å². The average Bonchev–Trinajstić information content (AvgIpc) is 2.91. The maximum Gasteiger partial charge on any atom is 0.222 e. The van der Waals surface area contributed by atoms with Gasteiger partial charge in [0.1, 0.15) is 0 Å². The molecule has 0 spiro atoms. The number of carbonyl (C=O) groups is 2. The Morgan fingerprint density at radius 2 is 1.52 bits per heavy atom. The summed E-state index contributed by atoms with van der Waals surface area (Å²) in [6.07, 6.45) is 7.78. The zero-order valence-electron chi connectivity index (χ0n) is 17.2.